The van der Waals surface area contributed by atoms with Crippen LogP contribution in [0.5, 0.6) is 0 Å². The molecule has 1 aromatic rings. The van der Waals surface area contributed by atoms with Crippen molar-refractivity contribution in [3.05, 3.63) is 22.6 Å². The van der Waals surface area contributed by atoms with Gasteiger partial charge in [-0.25, -0.2) is 8.78 Å². The number of amides is 2. The van der Waals surface area contributed by atoms with Gasteiger partial charge in [0.25, 0.3) is 12.3 Å². The molecule has 0 aromatic carbocycles. The molecule has 9 heteroatoms. The van der Waals surface area contributed by atoms with E-state index in [9.17, 15) is 18.4 Å². The first-order chi connectivity index (χ1) is 9.43. The lowest BCUT2D eigenvalue weighted by Gasteiger charge is -2.21. The van der Waals surface area contributed by atoms with Gasteiger partial charge in [0.05, 0.1) is 19.7 Å². The van der Waals surface area contributed by atoms with Gasteiger partial charge in [0, 0.05) is 6.54 Å². The smallest absolute Gasteiger partial charge is 0.287 e. The molecule has 0 bridgehead atoms. The van der Waals surface area contributed by atoms with Gasteiger partial charge in [0.1, 0.15) is 0 Å². The average molecular weight is 355 g/mol. The van der Waals surface area contributed by atoms with Crippen LogP contribution in [0.1, 0.15) is 10.6 Å². The number of halogens is 3. The number of hydrogen-bond donors (Lipinski definition) is 2. The SMILES string of the molecule is O=C(NCC(=O)N(CCO)CC(F)F)c1ccc(Br)o1. The number of hydrogen-bond acceptors (Lipinski definition) is 4. The minimum Gasteiger partial charge on any atom is -0.444 e. The Morgan fingerprint density at radius 3 is 2.65 bits per heavy atom. The number of nitrogens with one attached hydrogen (secondary N) is 1. The van der Waals surface area contributed by atoms with E-state index < -0.39 is 37.9 Å². The summed E-state index contributed by atoms with van der Waals surface area (Å²) in [4.78, 5) is 24.0. The molecule has 6 nitrogen and oxygen atoms in total. The van der Waals surface area contributed by atoms with E-state index in [4.69, 9.17) is 9.52 Å². The first-order valence-electron chi connectivity index (χ1n) is 5.64. The standard InChI is InChI=1S/C11H13BrF2N2O4/c12-8-2-1-7(20-8)11(19)15-5-10(18)16(3-4-17)6-9(13)14/h1-2,9,17H,3-6H2,(H,15,19). The first kappa shape index (κ1) is 16.6. The van der Waals surface area contributed by atoms with Crippen molar-refractivity contribution >= 4 is 27.7 Å². The summed E-state index contributed by atoms with van der Waals surface area (Å²) in [6.07, 6.45) is -2.71. The van der Waals surface area contributed by atoms with Crippen LogP contribution in [0.2, 0.25) is 0 Å². The molecule has 112 valence electrons. The van der Waals surface area contributed by atoms with E-state index in [1.807, 2.05) is 0 Å². The maximum absolute atomic E-state index is 12.3. The number of nitrogens with zero attached hydrogens (tertiary/aromatic N) is 1. The monoisotopic (exact) mass is 354 g/mol. The Bertz CT molecular complexity index is 467. The molecule has 1 aromatic heterocycles. The molecule has 0 unspecified atom stereocenters. The molecule has 2 amide bonds. The fraction of sp³-hybridized carbons (Fsp3) is 0.455. The fourth-order valence-corrected chi connectivity index (χ4v) is 1.70. The Balaban J connectivity index is 2.49. The highest BCUT2D eigenvalue weighted by molar-refractivity contribution is 9.10. The third-order valence-corrected chi connectivity index (χ3v) is 2.70. The van der Waals surface area contributed by atoms with Crippen LogP contribution in [0.25, 0.3) is 0 Å². The molecule has 0 radical (unpaired) electrons. The number of aliphatic hydroxyl groups is 1. The molecule has 0 aliphatic carbocycles. The van der Waals surface area contributed by atoms with Gasteiger partial charge in [-0.3, -0.25) is 9.59 Å². The quantitative estimate of drug-likeness (QED) is 0.760. The Morgan fingerprint density at radius 1 is 1.45 bits per heavy atom. The molecule has 0 atom stereocenters. The predicted octanol–water partition coefficient (Wildman–Crippen LogP) is 0.858. The van der Waals surface area contributed by atoms with E-state index in [0.717, 1.165) is 4.90 Å². The van der Waals surface area contributed by atoms with Crippen LogP contribution in [-0.2, 0) is 4.79 Å². The lowest BCUT2D eigenvalue weighted by molar-refractivity contribution is -0.132. The summed E-state index contributed by atoms with van der Waals surface area (Å²) in [5.41, 5.74) is 0. The van der Waals surface area contributed by atoms with Gasteiger partial charge in [-0.1, -0.05) is 0 Å². The molecular formula is C11H13BrF2N2O4. The molecule has 0 aliphatic heterocycles. The van der Waals surface area contributed by atoms with Gasteiger partial charge >= 0.3 is 0 Å². The van der Waals surface area contributed by atoms with E-state index in [1.165, 1.54) is 12.1 Å². The first-order valence-corrected chi connectivity index (χ1v) is 6.43. The van der Waals surface area contributed by atoms with Gasteiger partial charge in [-0.05, 0) is 28.1 Å². The van der Waals surface area contributed by atoms with Gasteiger partial charge in [0.2, 0.25) is 5.91 Å². The van der Waals surface area contributed by atoms with E-state index in [2.05, 4.69) is 21.2 Å². The van der Waals surface area contributed by atoms with E-state index in [1.54, 1.807) is 0 Å². The lowest BCUT2D eigenvalue weighted by atomic mass is 10.4. The van der Waals surface area contributed by atoms with Crippen molar-refractivity contribution in [3.8, 4) is 0 Å². The molecule has 0 spiro atoms. The average Bonchev–Trinajstić information content (AvgIpc) is 2.81. The van der Waals surface area contributed by atoms with Gasteiger partial charge in [-0.2, -0.15) is 0 Å². The number of rotatable bonds is 7. The molecular weight excluding hydrogens is 342 g/mol. The minimum atomic E-state index is -2.71. The summed E-state index contributed by atoms with van der Waals surface area (Å²) < 4.78 is 29.8. The predicted molar refractivity (Wildman–Crippen MR) is 68.4 cm³/mol. The van der Waals surface area contributed by atoms with Crippen molar-refractivity contribution in [2.45, 2.75) is 6.43 Å². The van der Waals surface area contributed by atoms with Crippen LogP contribution >= 0.6 is 15.9 Å². The molecule has 0 saturated heterocycles. The van der Waals surface area contributed by atoms with Crippen LogP contribution in [0.4, 0.5) is 8.78 Å². The summed E-state index contributed by atoms with van der Waals surface area (Å²) in [6, 6.07) is 2.90. The highest BCUT2D eigenvalue weighted by Crippen LogP contribution is 2.13. The van der Waals surface area contributed by atoms with Gasteiger partial charge < -0.3 is 19.7 Å². The molecule has 0 saturated carbocycles. The summed E-state index contributed by atoms with van der Waals surface area (Å²) in [5, 5.41) is 11.0. The van der Waals surface area contributed by atoms with Crippen molar-refractivity contribution in [2.75, 3.05) is 26.2 Å². The molecule has 0 fully saturated rings. The maximum Gasteiger partial charge on any atom is 0.287 e. The third-order valence-electron chi connectivity index (χ3n) is 2.28. The second kappa shape index (κ2) is 7.95. The number of carbonyl (C=O) groups excluding carboxylic acids is 2. The summed E-state index contributed by atoms with van der Waals surface area (Å²) in [6.45, 7) is -1.89. The zero-order valence-corrected chi connectivity index (χ0v) is 11.9. The van der Waals surface area contributed by atoms with Crippen LogP contribution in [0, 0.1) is 0 Å². The molecule has 2 N–H and O–H groups in total. The van der Waals surface area contributed by atoms with Crippen molar-refractivity contribution in [1.29, 1.82) is 0 Å². The summed E-state index contributed by atoms with van der Waals surface area (Å²) in [5.74, 6) is -1.35. The van der Waals surface area contributed by atoms with E-state index in [0.29, 0.717) is 4.67 Å². The van der Waals surface area contributed by atoms with Crippen molar-refractivity contribution in [1.82, 2.24) is 10.2 Å². The largest absolute Gasteiger partial charge is 0.444 e. The summed E-state index contributed by atoms with van der Waals surface area (Å²) in [7, 11) is 0. The zero-order valence-electron chi connectivity index (χ0n) is 10.3. The number of carbonyl (C=O) groups is 2. The molecule has 1 rings (SSSR count). The number of furan rings is 1. The Hall–Kier alpha value is -1.48. The lowest BCUT2D eigenvalue weighted by Crippen LogP contribution is -2.43. The molecule has 1 heterocycles. The highest BCUT2D eigenvalue weighted by atomic mass is 79.9. The molecule has 0 aliphatic rings. The topological polar surface area (TPSA) is 82.8 Å². The zero-order chi connectivity index (χ0) is 15.1. The van der Waals surface area contributed by atoms with Gasteiger partial charge in [-0.15, -0.1) is 0 Å². The van der Waals surface area contributed by atoms with Crippen molar-refractivity contribution in [2.24, 2.45) is 0 Å². The molecule has 20 heavy (non-hydrogen) atoms. The minimum absolute atomic E-state index is 0.00718. The Labute approximate surface area is 121 Å². The normalized spacial score (nSPS) is 10.7. The van der Waals surface area contributed by atoms with Crippen LogP contribution < -0.4 is 5.32 Å². The van der Waals surface area contributed by atoms with Crippen LogP contribution in [0.15, 0.2) is 21.2 Å². The fourth-order valence-electron chi connectivity index (χ4n) is 1.40. The Kier molecular flexibility index (Phi) is 6.59. The van der Waals surface area contributed by atoms with Crippen LogP contribution in [0.3, 0.4) is 0 Å². The van der Waals surface area contributed by atoms with E-state index >= 15 is 0 Å². The van der Waals surface area contributed by atoms with Crippen molar-refractivity contribution < 1.29 is 27.9 Å². The second-order valence-corrected chi connectivity index (χ2v) is 4.52. The highest BCUT2D eigenvalue weighted by Gasteiger charge is 2.19. The maximum atomic E-state index is 12.3. The van der Waals surface area contributed by atoms with Crippen molar-refractivity contribution in [3.63, 3.8) is 0 Å². The van der Waals surface area contributed by atoms with Crippen LogP contribution in [-0.4, -0.2) is 54.5 Å². The van der Waals surface area contributed by atoms with E-state index in [-0.39, 0.29) is 12.3 Å². The number of alkyl halides is 2. The number of aliphatic hydroxyl groups excluding tert-OH is 1. The Morgan fingerprint density at radius 2 is 2.15 bits per heavy atom. The third kappa shape index (κ3) is 5.25. The second-order valence-electron chi connectivity index (χ2n) is 3.74. The van der Waals surface area contributed by atoms with Gasteiger partial charge in [0.15, 0.2) is 10.4 Å². The summed E-state index contributed by atoms with van der Waals surface area (Å²) >= 11 is 3.02.